The number of carbonyl (C=O) groups is 1. The van der Waals surface area contributed by atoms with E-state index in [1.165, 1.54) is 49.2 Å². The normalized spacial score (nSPS) is 10.9. The standard InChI is InChI=1S/C33H26F2N6O7/c1-45-28-16-23-25(17-29(28)46-2)37-10-9-26(23)47-27-8-5-21(15-24(27)35)38-32(43)48-30-18-40(14-13-39-12-11-36-19-39)33(44)41(31(30)42)22-6-3-20(34)4-7-22/h3-12,15-19H,13-14H2,1-2H3,(H,38,43). The number of rotatable bonds is 10. The van der Waals surface area contributed by atoms with Crippen molar-refractivity contribution in [2.45, 2.75) is 13.1 Å². The van der Waals surface area contributed by atoms with Crippen LogP contribution in [0.25, 0.3) is 16.6 Å². The zero-order chi connectivity index (χ0) is 33.8. The summed E-state index contributed by atoms with van der Waals surface area (Å²) >= 11 is 0. The minimum absolute atomic E-state index is 0.0110. The fraction of sp³-hybridized carbons (Fsp3) is 0.121. The second-order valence-corrected chi connectivity index (χ2v) is 10.2. The Morgan fingerprint density at radius 3 is 2.33 bits per heavy atom. The molecule has 0 aliphatic rings. The number of anilines is 1. The van der Waals surface area contributed by atoms with Crippen molar-refractivity contribution in [3.63, 3.8) is 0 Å². The van der Waals surface area contributed by atoms with Gasteiger partial charge in [0, 0.05) is 54.9 Å². The third kappa shape index (κ3) is 6.55. The maximum Gasteiger partial charge on any atom is 0.417 e. The van der Waals surface area contributed by atoms with E-state index >= 15 is 4.39 Å². The third-order valence-electron chi connectivity index (χ3n) is 7.17. The summed E-state index contributed by atoms with van der Waals surface area (Å²) in [7, 11) is 2.98. The van der Waals surface area contributed by atoms with Gasteiger partial charge in [0.1, 0.15) is 11.6 Å². The van der Waals surface area contributed by atoms with Gasteiger partial charge in [-0.1, -0.05) is 0 Å². The van der Waals surface area contributed by atoms with Gasteiger partial charge in [0.2, 0.25) is 5.75 Å². The van der Waals surface area contributed by atoms with Gasteiger partial charge in [-0.05, 0) is 48.5 Å². The first-order valence-corrected chi connectivity index (χ1v) is 14.3. The molecule has 3 aromatic carbocycles. The predicted molar refractivity (Wildman–Crippen MR) is 169 cm³/mol. The monoisotopic (exact) mass is 656 g/mol. The average Bonchev–Trinajstić information content (AvgIpc) is 3.61. The summed E-state index contributed by atoms with van der Waals surface area (Å²) in [4.78, 5) is 47.8. The van der Waals surface area contributed by atoms with Crippen molar-refractivity contribution in [2.75, 3.05) is 19.5 Å². The maximum absolute atomic E-state index is 15.2. The van der Waals surface area contributed by atoms with Crippen molar-refractivity contribution in [2.24, 2.45) is 0 Å². The highest BCUT2D eigenvalue weighted by Gasteiger charge is 2.19. The van der Waals surface area contributed by atoms with E-state index in [0.717, 1.165) is 29.0 Å². The molecule has 0 atom stereocenters. The molecule has 6 aromatic rings. The van der Waals surface area contributed by atoms with Crippen molar-refractivity contribution in [3.8, 4) is 34.4 Å². The Labute approximate surface area is 270 Å². The van der Waals surface area contributed by atoms with E-state index in [1.807, 2.05) is 0 Å². The predicted octanol–water partition coefficient (Wildman–Crippen LogP) is 5.14. The van der Waals surface area contributed by atoms with E-state index in [1.54, 1.807) is 41.5 Å². The minimum atomic E-state index is -1.13. The number of hydrogen-bond donors (Lipinski definition) is 1. The number of hydrogen-bond acceptors (Lipinski definition) is 9. The average molecular weight is 657 g/mol. The van der Waals surface area contributed by atoms with E-state index < -0.39 is 34.7 Å². The number of carbonyl (C=O) groups excluding carboxylic acids is 1. The Balaban J connectivity index is 1.23. The molecule has 0 aliphatic heterocycles. The molecule has 13 nitrogen and oxygen atoms in total. The van der Waals surface area contributed by atoms with Crippen molar-refractivity contribution >= 4 is 22.7 Å². The molecule has 3 heterocycles. The summed E-state index contributed by atoms with van der Waals surface area (Å²) in [6.45, 7) is 0.381. The number of imidazole rings is 1. The number of aryl methyl sites for hydroxylation is 2. The first-order valence-electron chi connectivity index (χ1n) is 14.3. The lowest BCUT2D eigenvalue weighted by Gasteiger charge is -2.14. The molecule has 0 fully saturated rings. The van der Waals surface area contributed by atoms with Crippen LogP contribution in [0, 0.1) is 11.6 Å². The van der Waals surface area contributed by atoms with Crippen LogP contribution >= 0.6 is 0 Å². The second-order valence-electron chi connectivity index (χ2n) is 10.2. The van der Waals surface area contributed by atoms with Gasteiger partial charge in [-0.15, -0.1) is 0 Å². The molecule has 244 valence electrons. The molecular formula is C33H26F2N6O7. The number of amides is 1. The number of pyridine rings is 1. The summed E-state index contributed by atoms with van der Waals surface area (Å²) in [5.41, 5.74) is -1.13. The Bertz CT molecular complexity index is 2240. The molecule has 0 aliphatic carbocycles. The highest BCUT2D eigenvalue weighted by molar-refractivity contribution is 5.88. The maximum atomic E-state index is 15.2. The Kier molecular flexibility index (Phi) is 8.83. The molecule has 1 amide bonds. The summed E-state index contributed by atoms with van der Waals surface area (Å²) in [6.07, 6.45) is 6.27. The quantitative estimate of drug-likeness (QED) is 0.212. The molecule has 0 radical (unpaired) electrons. The molecule has 0 unspecified atom stereocenters. The lowest BCUT2D eigenvalue weighted by atomic mass is 10.2. The van der Waals surface area contributed by atoms with Gasteiger partial charge >= 0.3 is 17.3 Å². The largest absolute Gasteiger partial charge is 0.493 e. The number of nitrogens with zero attached hydrogens (tertiary/aromatic N) is 5. The molecular weight excluding hydrogens is 630 g/mol. The van der Waals surface area contributed by atoms with Crippen LogP contribution in [-0.2, 0) is 13.1 Å². The fourth-order valence-electron chi connectivity index (χ4n) is 4.83. The van der Waals surface area contributed by atoms with Gasteiger partial charge in [-0.2, -0.15) is 0 Å². The molecule has 0 saturated heterocycles. The SMILES string of the molecule is COc1cc2nccc(Oc3ccc(NC(=O)Oc4cn(CCn5ccnc5)c(=O)n(-c5ccc(F)cc5)c4=O)cc3F)c2cc1OC. The van der Waals surface area contributed by atoms with Gasteiger partial charge in [0.15, 0.2) is 23.1 Å². The molecule has 3 aromatic heterocycles. The van der Waals surface area contributed by atoms with Crippen LogP contribution in [0.4, 0.5) is 19.3 Å². The highest BCUT2D eigenvalue weighted by Crippen LogP contribution is 2.37. The van der Waals surface area contributed by atoms with Crippen molar-refractivity contribution in [3.05, 3.63) is 124 Å². The van der Waals surface area contributed by atoms with Crippen LogP contribution in [0.2, 0.25) is 0 Å². The number of aromatic nitrogens is 5. The number of fused-ring (bicyclic) bond motifs is 1. The van der Waals surface area contributed by atoms with Gasteiger partial charge in [-0.25, -0.2) is 27.9 Å². The second kappa shape index (κ2) is 13.5. The Morgan fingerprint density at radius 1 is 0.854 bits per heavy atom. The van der Waals surface area contributed by atoms with Gasteiger partial charge in [0.05, 0.1) is 37.9 Å². The number of methoxy groups -OCH3 is 2. The lowest BCUT2D eigenvalue weighted by Crippen LogP contribution is -2.40. The number of benzene rings is 3. The molecule has 0 bridgehead atoms. The summed E-state index contributed by atoms with van der Waals surface area (Å²) < 4.78 is 54.3. The molecule has 1 N–H and O–H groups in total. The van der Waals surface area contributed by atoms with Crippen LogP contribution in [0.3, 0.4) is 0 Å². The van der Waals surface area contributed by atoms with E-state index in [9.17, 15) is 18.8 Å². The topological polar surface area (TPSA) is 141 Å². The molecule has 0 spiro atoms. The number of halogens is 2. The van der Waals surface area contributed by atoms with Crippen molar-refractivity contribution in [1.29, 1.82) is 0 Å². The molecule has 6 rings (SSSR count). The zero-order valence-corrected chi connectivity index (χ0v) is 25.4. The zero-order valence-electron chi connectivity index (χ0n) is 25.4. The van der Waals surface area contributed by atoms with Gasteiger partial charge in [0.25, 0.3) is 0 Å². The first-order chi connectivity index (χ1) is 23.2. The first kappa shape index (κ1) is 31.5. The van der Waals surface area contributed by atoms with E-state index in [4.69, 9.17) is 18.9 Å². The number of nitrogens with one attached hydrogen (secondary N) is 1. The smallest absolute Gasteiger partial charge is 0.417 e. The highest BCUT2D eigenvalue weighted by atomic mass is 19.1. The van der Waals surface area contributed by atoms with Crippen LogP contribution in [-0.4, -0.2) is 44.0 Å². The fourth-order valence-corrected chi connectivity index (χ4v) is 4.83. The summed E-state index contributed by atoms with van der Waals surface area (Å²) in [5.74, 6) is -0.851. The van der Waals surface area contributed by atoms with Crippen LogP contribution in [0.5, 0.6) is 28.7 Å². The Morgan fingerprint density at radius 2 is 1.62 bits per heavy atom. The third-order valence-corrected chi connectivity index (χ3v) is 7.17. The van der Waals surface area contributed by atoms with Crippen molar-refractivity contribution < 1.29 is 32.5 Å². The van der Waals surface area contributed by atoms with Gasteiger partial charge < -0.3 is 23.5 Å². The molecule has 0 saturated carbocycles. The van der Waals surface area contributed by atoms with Crippen molar-refractivity contribution in [1.82, 2.24) is 23.7 Å². The van der Waals surface area contributed by atoms with E-state index in [2.05, 4.69) is 15.3 Å². The molecule has 15 heteroatoms. The molecule has 48 heavy (non-hydrogen) atoms. The van der Waals surface area contributed by atoms with Crippen LogP contribution in [0.1, 0.15) is 0 Å². The van der Waals surface area contributed by atoms with Crippen LogP contribution in [0.15, 0.2) is 101 Å². The number of ether oxygens (including phenoxy) is 4. The van der Waals surface area contributed by atoms with Crippen LogP contribution < -0.4 is 35.5 Å². The summed E-state index contributed by atoms with van der Waals surface area (Å²) in [6, 6.07) is 13.2. The lowest BCUT2D eigenvalue weighted by molar-refractivity contribution is 0.213. The summed E-state index contributed by atoms with van der Waals surface area (Å²) in [5, 5.41) is 2.91. The minimum Gasteiger partial charge on any atom is -0.493 e. The van der Waals surface area contributed by atoms with E-state index in [-0.39, 0.29) is 23.7 Å². The van der Waals surface area contributed by atoms with Gasteiger partial charge in [-0.3, -0.25) is 19.7 Å². The Hall–Kier alpha value is -6.51. The van der Waals surface area contributed by atoms with E-state index in [0.29, 0.717) is 34.7 Å².